The van der Waals surface area contributed by atoms with E-state index < -0.39 is 0 Å². The van der Waals surface area contributed by atoms with Gasteiger partial charge in [-0.3, -0.25) is 0 Å². The lowest BCUT2D eigenvalue weighted by Gasteiger charge is -2.06. The molecular formula is C7H11I2O2PS. The van der Waals surface area contributed by atoms with E-state index in [1.165, 1.54) is 0 Å². The van der Waals surface area contributed by atoms with E-state index in [2.05, 4.69) is 49.5 Å². The largest absolute Gasteiger partial charge is 0.352 e. The summed E-state index contributed by atoms with van der Waals surface area (Å²) in [4.78, 5) is 0. The molecular weight excluding hydrogens is 433 g/mol. The molecule has 0 atom stereocenters. The van der Waals surface area contributed by atoms with Crippen molar-refractivity contribution < 1.29 is 9.47 Å². The highest BCUT2D eigenvalue weighted by Crippen LogP contribution is 2.65. The maximum Gasteiger partial charge on any atom is 0.176 e. The van der Waals surface area contributed by atoms with Crippen LogP contribution < -0.4 is 0 Å². The van der Waals surface area contributed by atoms with Gasteiger partial charge in [-0.05, 0) is 55.6 Å². The molecule has 0 aromatic rings. The van der Waals surface area contributed by atoms with E-state index >= 15 is 0 Å². The lowest BCUT2D eigenvalue weighted by Crippen LogP contribution is -2.08. The number of halogens is 2. The summed E-state index contributed by atoms with van der Waals surface area (Å²) >= 11 is 6.65. The van der Waals surface area contributed by atoms with Crippen molar-refractivity contribution in [3.8, 4) is 0 Å². The average Bonchev–Trinajstić information content (AvgIpc) is 2.11. The van der Waals surface area contributed by atoms with Crippen LogP contribution in [0.4, 0.5) is 0 Å². The molecule has 0 rings (SSSR count). The molecule has 13 heavy (non-hydrogen) atoms. The Bertz CT molecular complexity index is 172. The molecule has 0 N–H and O–H groups in total. The van der Waals surface area contributed by atoms with Gasteiger partial charge in [-0.25, -0.2) is 0 Å². The molecule has 0 aromatic heterocycles. The summed E-state index contributed by atoms with van der Waals surface area (Å²) in [6.45, 7) is 0. The van der Waals surface area contributed by atoms with Gasteiger partial charge in [0, 0.05) is 14.2 Å². The van der Waals surface area contributed by atoms with E-state index in [-0.39, 0.29) is 8.70 Å². The Morgan fingerprint density at radius 2 is 1.85 bits per heavy atom. The van der Waals surface area contributed by atoms with E-state index in [1.807, 2.05) is 29.6 Å². The molecule has 0 aliphatic carbocycles. The molecule has 0 radical (unpaired) electrons. The van der Waals surface area contributed by atoms with Gasteiger partial charge in [0.1, 0.15) is 0 Å². The minimum absolute atomic E-state index is 0.0338. The Morgan fingerprint density at radius 1 is 1.23 bits per heavy atom. The van der Waals surface area contributed by atoms with Crippen molar-refractivity contribution in [2.45, 2.75) is 6.29 Å². The first-order chi connectivity index (χ1) is 6.20. The van der Waals surface area contributed by atoms with Gasteiger partial charge in [0.2, 0.25) is 0 Å². The molecule has 0 bridgehead atoms. The molecule has 0 aliphatic rings. The summed E-state index contributed by atoms with van der Waals surface area (Å²) in [6, 6.07) is 0. The summed E-state index contributed by atoms with van der Waals surface area (Å²) in [7, 11) is 3.23. The van der Waals surface area contributed by atoms with E-state index in [0.29, 0.717) is 0 Å². The zero-order valence-electron chi connectivity index (χ0n) is 7.31. The monoisotopic (exact) mass is 444 g/mol. The summed E-state index contributed by atoms with van der Waals surface area (Å²) in [5.41, 5.74) is 0. The van der Waals surface area contributed by atoms with Gasteiger partial charge in [-0.1, -0.05) is 23.5 Å². The lowest BCUT2D eigenvalue weighted by molar-refractivity contribution is -0.0666. The smallest absolute Gasteiger partial charge is 0.176 e. The fourth-order valence-corrected chi connectivity index (χ4v) is 3.64. The number of hydrogen-bond donors (Lipinski definition) is 0. The third kappa shape index (κ3) is 9.93. The van der Waals surface area contributed by atoms with Gasteiger partial charge < -0.3 is 9.47 Å². The molecule has 2 nitrogen and oxygen atoms in total. The Labute approximate surface area is 110 Å². The van der Waals surface area contributed by atoms with E-state index in [4.69, 9.17) is 9.47 Å². The Kier molecular flexibility index (Phi) is 11.5. The number of hydrogen-bond acceptors (Lipinski definition) is 3. The van der Waals surface area contributed by atoms with E-state index in [9.17, 15) is 0 Å². The van der Waals surface area contributed by atoms with Crippen LogP contribution >= 0.6 is 57.9 Å². The molecule has 0 spiro atoms. The van der Waals surface area contributed by atoms with E-state index in [0.717, 1.165) is 0 Å². The normalized spacial score (nSPS) is 12.8. The van der Waals surface area contributed by atoms with Crippen molar-refractivity contribution in [1.29, 1.82) is 0 Å². The average molecular weight is 444 g/mol. The van der Waals surface area contributed by atoms with E-state index in [1.54, 1.807) is 14.2 Å². The first kappa shape index (κ1) is 14.6. The molecule has 0 aliphatic heterocycles. The molecule has 0 saturated heterocycles. The zero-order chi connectivity index (χ0) is 10.1. The van der Waals surface area contributed by atoms with Crippen LogP contribution in [0.15, 0.2) is 23.6 Å². The van der Waals surface area contributed by atoms with Gasteiger partial charge in [0.25, 0.3) is 0 Å². The molecule has 0 amide bonds. The van der Waals surface area contributed by atoms with Crippen molar-refractivity contribution in [2.24, 2.45) is 0 Å². The molecule has 76 valence electrons. The standard InChI is InChI=1S/C7H11I2O2PS/c1-10-7(11-2)5-3-4-6-13-12(8)9/h3-7H,1-2H3/b5-3+,6-4-. The van der Waals surface area contributed by atoms with Crippen LogP contribution in [0.25, 0.3) is 0 Å². The SMILES string of the molecule is COC(/C=C/C=C\SP(I)I)OC. The second kappa shape index (κ2) is 10.2. The zero-order valence-corrected chi connectivity index (χ0v) is 13.3. The Hall–Kier alpha value is 1.64. The summed E-state index contributed by atoms with van der Waals surface area (Å²) < 4.78 is 9.99. The van der Waals surface area contributed by atoms with Gasteiger partial charge >= 0.3 is 0 Å². The number of allylic oxidation sites excluding steroid dienone is 2. The molecule has 0 heterocycles. The van der Waals surface area contributed by atoms with Crippen LogP contribution in [0.2, 0.25) is 0 Å². The van der Waals surface area contributed by atoms with Gasteiger partial charge in [-0.15, -0.1) is 0 Å². The summed E-state index contributed by atoms with van der Waals surface area (Å²) in [5, 5.41) is 2.07. The van der Waals surface area contributed by atoms with Crippen molar-refractivity contribution in [3.63, 3.8) is 0 Å². The van der Waals surface area contributed by atoms with Crippen molar-refractivity contribution in [1.82, 2.24) is 0 Å². The van der Waals surface area contributed by atoms with Gasteiger partial charge in [0.05, 0.1) is 2.41 Å². The highest BCUT2D eigenvalue weighted by Gasteiger charge is 1.95. The van der Waals surface area contributed by atoms with Crippen LogP contribution in [0, 0.1) is 0 Å². The minimum atomic E-state index is -0.240. The van der Waals surface area contributed by atoms with Crippen LogP contribution in [0.5, 0.6) is 0 Å². The second-order valence-corrected chi connectivity index (χ2v) is 19.7. The Morgan fingerprint density at radius 3 is 2.31 bits per heavy atom. The highest BCUT2D eigenvalue weighted by molar-refractivity contribution is 14.3. The summed E-state index contributed by atoms with van der Waals surface area (Å²) in [6.07, 6.45) is 5.54. The Balaban J connectivity index is 3.65. The van der Waals surface area contributed by atoms with Gasteiger partial charge in [-0.2, -0.15) is 0 Å². The number of rotatable bonds is 6. The third-order valence-corrected chi connectivity index (χ3v) is 6.44. The van der Waals surface area contributed by atoms with Crippen molar-refractivity contribution >= 4 is 57.9 Å². The molecule has 0 aromatic carbocycles. The maximum atomic E-state index is 4.98. The van der Waals surface area contributed by atoms with Crippen LogP contribution in [0.1, 0.15) is 0 Å². The number of methoxy groups -OCH3 is 2. The van der Waals surface area contributed by atoms with Crippen molar-refractivity contribution in [3.05, 3.63) is 23.6 Å². The second-order valence-electron chi connectivity index (χ2n) is 1.86. The van der Waals surface area contributed by atoms with Crippen LogP contribution in [-0.4, -0.2) is 20.5 Å². The fourth-order valence-electron chi connectivity index (χ4n) is 0.535. The van der Waals surface area contributed by atoms with Gasteiger partial charge in [0.15, 0.2) is 6.29 Å². The fraction of sp³-hybridized carbons (Fsp3) is 0.429. The molecule has 6 heteroatoms. The summed E-state index contributed by atoms with van der Waals surface area (Å²) in [5.74, 6) is 0. The number of ether oxygens (including phenoxy) is 2. The lowest BCUT2D eigenvalue weighted by atomic mass is 10.5. The maximum absolute atomic E-state index is 4.98. The first-order valence-corrected chi connectivity index (χ1v) is 11.8. The van der Waals surface area contributed by atoms with Crippen molar-refractivity contribution in [2.75, 3.05) is 14.2 Å². The minimum Gasteiger partial charge on any atom is -0.352 e. The topological polar surface area (TPSA) is 18.5 Å². The third-order valence-electron chi connectivity index (χ3n) is 1.06. The molecule has 0 unspecified atom stereocenters. The van der Waals surface area contributed by atoms with Crippen LogP contribution in [0.3, 0.4) is 0 Å². The highest BCUT2D eigenvalue weighted by atomic mass is 127. The predicted octanol–water partition coefficient (Wildman–Crippen LogP) is 4.51. The molecule has 0 fully saturated rings. The quantitative estimate of drug-likeness (QED) is 0.260. The van der Waals surface area contributed by atoms with Crippen LogP contribution in [-0.2, 0) is 9.47 Å². The molecule has 0 saturated carbocycles. The first-order valence-electron chi connectivity index (χ1n) is 3.38. The predicted molar refractivity (Wildman–Crippen MR) is 78.6 cm³/mol.